The second-order valence-corrected chi connectivity index (χ2v) is 8.47. The summed E-state index contributed by atoms with van der Waals surface area (Å²) in [6.07, 6.45) is 6.35. The van der Waals surface area contributed by atoms with Crippen LogP contribution in [0.5, 0.6) is 5.75 Å². The van der Waals surface area contributed by atoms with Gasteiger partial charge in [-0.15, -0.1) is 0 Å². The zero-order chi connectivity index (χ0) is 23.3. The molecule has 0 aliphatic carbocycles. The van der Waals surface area contributed by atoms with Crippen molar-refractivity contribution in [2.75, 3.05) is 20.3 Å². The SMILES string of the molecule is COC(=O)/C=C/c1cc(F)cc(-c2cncc(OCC3CCN3C(=O)OC(C)(C)C)c2)c1. The number of carbonyl (C=O) groups is 2. The van der Waals surface area contributed by atoms with Gasteiger partial charge in [-0.2, -0.15) is 0 Å². The van der Waals surface area contributed by atoms with Gasteiger partial charge >= 0.3 is 12.1 Å². The van der Waals surface area contributed by atoms with Crippen molar-refractivity contribution < 1.29 is 28.2 Å². The van der Waals surface area contributed by atoms with Crippen molar-refractivity contribution in [3.63, 3.8) is 0 Å². The number of rotatable bonds is 6. The van der Waals surface area contributed by atoms with E-state index in [-0.39, 0.29) is 12.1 Å². The molecular formula is C24H27FN2O5. The number of likely N-dealkylation sites (tertiary alicyclic amines) is 1. The maximum Gasteiger partial charge on any atom is 0.410 e. The lowest BCUT2D eigenvalue weighted by atomic mass is 10.0. The summed E-state index contributed by atoms with van der Waals surface area (Å²) in [7, 11) is 1.27. The molecule has 32 heavy (non-hydrogen) atoms. The molecule has 1 unspecified atom stereocenters. The molecule has 0 N–H and O–H groups in total. The first kappa shape index (κ1) is 23.2. The van der Waals surface area contributed by atoms with Gasteiger partial charge < -0.3 is 19.1 Å². The Bertz CT molecular complexity index is 1020. The van der Waals surface area contributed by atoms with E-state index in [4.69, 9.17) is 9.47 Å². The normalized spacial score (nSPS) is 15.9. The molecule has 2 heterocycles. The Morgan fingerprint density at radius 1 is 1.19 bits per heavy atom. The topological polar surface area (TPSA) is 78.0 Å². The van der Waals surface area contributed by atoms with E-state index in [2.05, 4.69) is 9.72 Å². The molecule has 0 radical (unpaired) electrons. The predicted molar refractivity (Wildman–Crippen MR) is 118 cm³/mol. The van der Waals surface area contributed by atoms with E-state index in [1.807, 2.05) is 20.8 Å². The highest BCUT2D eigenvalue weighted by Gasteiger charge is 2.35. The third-order valence-corrected chi connectivity index (χ3v) is 4.79. The third-order valence-electron chi connectivity index (χ3n) is 4.79. The predicted octanol–water partition coefficient (Wildman–Crippen LogP) is 4.46. The van der Waals surface area contributed by atoms with Crippen molar-refractivity contribution in [2.45, 2.75) is 38.8 Å². The van der Waals surface area contributed by atoms with Crippen LogP contribution in [0.1, 0.15) is 32.8 Å². The number of halogens is 1. The van der Waals surface area contributed by atoms with Gasteiger partial charge in [0.1, 0.15) is 23.8 Å². The highest BCUT2D eigenvalue weighted by Crippen LogP contribution is 2.27. The van der Waals surface area contributed by atoms with Gasteiger partial charge in [0.25, 0.3) is 0 Å². The van der Waals surface area contributed by atoms with Gasteiger partial charge in [-0.05, 0) is 68.7 Å². The molecule has 7 nitrogen and oxygen atoms in total. The van der Waals surface area contributed by atoms with Gasteiger partial charge in [0.05, 0.1) is 19.3 Å². The Morgan fingerprint density at radius 2 is 1.97 bits per heavy atom. The summed E-state index contributed by atoms with van der Waals surface area (Å²) in [6.45, 7) is 6.43. The van der Waals surface area contributed by atoms with Crippen molar-refractivity contribution in [1.29, 1.82) is 0 Å². The highest BCUT2D eigenvalue weighted by atomic mass is 19.1. The molecule has 1 atom stereocenters. The van der Waals surface area contributed by atoms with Crippen LogP contribution in [0.3, 0.4) is 0 Å². The molecule has 1 aromatic heterocycles. The molecule has 2 aromatic rings. The number of amides is 1. The van der Waals surface area contributed by atoms with Crippen molar-refractivity contribution in [3.05, 3.63) is 54.1 Å². The molecule has 3 rings (SSSR count). The lowest BCUT2D eigenvalue weighted by Gasteiger charge is -2.40. The largest absolute Gasteiger partial charge is 0.490 e. The molecule has 0 bridgehead atoms. The Morgan fingerprint density at radius 3 is 2.62 bits per heavy atom. The summed E-state index contributed by atoms with van der Waals surface area (Å²) in [5, 5.41) is 0. The second-order valence-electron chi connectivity index (χ2n) is 8.47. The molecule has 8 heteroatoms. The number of esters is 1. The summed E-state index contributed by atoms with van der Waals surface area (Å²) >= 11 is 0. The van der Waals surface area contributed by atoms with Gasteiger partial charge in [-0.1, -0.05) is 0 Å². The van der Waals surface area contributed by atoms with E-state index >= 15 is 0 Å². The van der Waals surface area contributed by atoms with Crippen LogP contribution in [0.15, 0.2) is 42.7 Å². The van der Waals surface area contributed by atoms with Crippen LogP contribution >= 0.6 is 0 Å². The molecule has 0 saturated carbocycles. The number of methoxy groups -OCH3 is 1. The minimum Gasteiger partial charge on any atom is -0.490 e. The van der Waals surface area contributed by atoms with Crippen molar-refractivity contribution in [2.24, 2.45) is 0 Å². The fourth-order valence-corrected chi connectivity index (χ4v) is 3.13. The van der Waals surface area contributed by atoms with Crippen LogP contribution in [0.2, 0.25) is 0 Å². The smallest absolute Gasteiger partial charge is 0.410 e. The third kappa shape index (κ3) is 6.29. The molecule has 1 aliphatic heterocycles. The number of pyridine rings is 1. The molecule has 1 amide bonds. The molecule has 1 fully saturated rings. The Kier molecular flexibility index (Phi) is 7.12. The maximum absolute atomic E-state index is 14.1. The van der Waals surface area contributed by atoms with E-state index in [9.17, 15) is 14.0 Å². The second kappa shape index (κ2) is 9.80. The fourth-order valence-electron chi connectivity index (χ4n) is 3.13. The molecule has 1 aliphatic rings. The first-order valence-corrected chi connectivity index (χ1v) is 10.3. The lowest BCUT2D eigenvalue weighted by Crippen LogP contribution is -2.55. The van der Waals surface area contributed by atoms with Gasteiger partial charge in [-0.3, -0.25) is 4.98 Å². The van der Waals surface area contributed by atoms with E-state index < -0.39 is 17.4 Å². The number of ether oxygens (including phenoxy) is 3. The van der Waals surface area contributed by atoms with Crippen LogP contribution in [-0.2, 0) is 14.3 Å². The summed E-state index contributed by atoms with van der Waals surface area (Å²) in [6, 6.07) is 6.12. The minimum atomic E-state index is -0.549. The molecule has 170 valence electrons. The number of hydrogen-bond donors (Lipinski definition) is 0. The van der Waals surface area contributed by atoms with Crippen molar-refractivity contribution >= 4 is 18.1 Å². The average molecular weight is 442 g/mol. The monoisotopic (exact) mass is 442 g/mol. The number of aromatic nitrogens is 1. The van der Waals surface area contributed by atoms with Gasteiger partial charge in [0, 0.05) is 24.4 Å². The molecule has 1 aromatic carbocycles. The van der Waals surface area contributed by atoms with Gasteiger partial charge in [0.2, 0.25) is 0 Å². The molecular weight excluding hydrogens is 415 g/mol. The van der Waals surface area contributed by atoms with Crippen LogP contribution in [-0.4, -0.2) is 53.9 Å². The van der Waals surface area contributed by atoms with E-state index in [1.54, 1.807) is 29.4 Å². The van der Waals surface area contributed by atoms with Crippen LogP contribution in [0, 0.1) is 5.82 Å². The quantitative estimate of drug-likeness (QED) is 0.486. The van der Waals surface area contributed by atoms with Crippen LogP contribution in [0.4, 0.5) is 9.18 Å². The molecule has 1 saturated heterocycles. The number of nitrogens with zero attached hydrogens (tertiary/aromatic N) is 2. The van der Waals surface area contributed by atoms with Gasteiger partial charge in [0.15, 0.2) is 0 Å². The summed E-state index contributed by atoms with van der Waals surface area (Å²) in [5.74, 6) is -0.459. The lowest BCUT2D eigenvalue weighted by molar-refractivity contribution is -0.134. The number of carbonyl (C=O) groups excluding carboxylic acids is 2. The van der Waals surface area contributed by atoms with Gasteiger partial charge in [-0.25, -0.2) is 14.0 Å². The fraction of sp³-hybridized carbons (Fsp3) is 0.375. The Balaban J connectivity index is 1.67. The molecule has 0 spiro atoms. The zero-order valence-electron chi connectivity index (χ0n) is 18.6. The number of benzene rings is 1. The average Bonchev–Trinajstić information content (AvgIpc) is 2.69. The first-order chi connectivity index (χ1) is 15.1. The first-order valence-electron chi connectivity index (χ1n) is 10.3. The van der Waals surface area contributed by atoms with E-state index in [0.717, 1.165) is 6.42 Å². The van der Waals surface area contributed by atoms with Crippen LogP contribution in [0.25, 0.3) is 17.2 Å². The Hall–Kier alpha value is -3.42. The van der Waals surface area contributed by atoms with Crippen LogP contribution < -0.4 is 4.74 Å². The summed E-state index contributed by atoms with van der Waals surface area (Å²) in [4.78, 5) is 29.4. The maximum atomic E-state index is 14.1. The van der Waals surface area contributed by atoms with Crippen molar-refractivity contribution in [3.8, 4) is 16.9 Å². The summed E-state index contributed by atoms with van der Waals surface area (Å²) < 4.78 is 29.9. The number of hydrogen-bond acceptors (Lipinski definition) is 6. The Labute approximate surface area is 186 Å². The zero-order valence-corrected chi connectivity index (χ0v) is 18.6. The summed E-state index contributed by atoms with van der Waals surface area (Å²) in [5.41, 5.74) is 1.21. The standard InChI is InChI=1S/C24H27FN2O5/c1-24(2,3)32-23(29)27-8-7-20(27)15-31-21-12-18(13-26-14-21)17-9-16(10-19(25)11-17)5-6-22(28)30-4/h5-6,9-14,20H,7-8,15H2,1-4H3/b6-5+. The van der Waals surface area contributed by atoms with E-state index in [0.29, 0.717) is 35.6 Å². The van der Waals surface area contributed by atoms with Crippen molar-refractivity contribution in [1.82, 2.24) is 9.88 Å². The highest BCUT2D eigenvalue weighted by molar-refractivity contribution is 5.87. The minimum absolute atomic E-state index is 0.0715. The van der Waals surface area contributed by atoms with E-state index in [1.165, 1.54) is 31.4 Å².